The van der Waals surface area contributed by atoms with Gasteiger partial charge in [-0.05, 0) is 19.1 Å². The number of hydrogen-bond acceptors (Lipinski definition) is 4. The lowest BCUT2D eigenvalue weighted by atomic mass is 10.1. The summed E-state index contributed by atoms with van der Waals surface area (Å²) in [5, 5.41) is 8.25. The van der Waals surface area contributed by atoms with Crippen LogP contribution >= 0.6 is 0 Å². The summed E-state index contributed by atoms with van der Waals surface area (Å²) >= 11 is 0. The molecule has 0 saturated carbocycles. The minimum absolute atomic E-state index is 0.361. The van der Waals surface area contributed by atoms with Crippen molar-refractivity contribution >= 4 is 0 Å². The molecule has 1 aromatic carbocycles. The van der Waals surface area contributed by atoms with Gasteiger partial charge in [0, 0.05) is 23.9 Å². The molecule has 0 radical (unpaired) electrons. The highest BCUT2D eigenvalue weighted by Gasteiger charge is 2.12. The van der Waals surface area contributed by atoms with Gasteiger partial charge in [-0.3, -0.25) is 0 Å². The highest BCUT2D eigenvalue weighted by Crippen LogP contribution is 2.19. The zero-order valence-corrected chi connectivity index (χ0v) is 12.4. The van der Waals surface area contributed by atoms with Crippen LogP contribution in [0.25, 0.3) is 11.5 Å². The van der Waals surface area contributed by atoms with Crippen LogP contribution in [0.1, 0.15) is 37.0 Å². The molecule has 0 N–H and O–H groups in total. The molecule has 0 spiro atoms. The van der Waals surface area contributed by atoms with Crippen LogP contribution in [0.4, 0.5) is 0 Å². The normalized spacial score (nSPS) is 11.2. The van der Waals surface area contributed by atoms with E-state index in [0.717, 1.165) is 11.4 Å². The summed E-state index contributed by atoms with van der Waals surface area (Å²) in [6, 6.07) is 8.05. The Bertz CT molecular complexity index is 725. The predicted octanol–water partition coefficient (Wildman–Crippen LogP) is 3.41. The lowest BCUT2D eigenvalue weighted by molar-refractivity contribution is 0.480. The molecule has 0 aliphatic rings. The van der Waals surface area contributed by atoms with E-state index < -0.39 is 0 Å². The van der Waals surface area contributed by atoms with E-state index in [1.54, 1.807) is 6.20 Å². The third kappa shape index (κ3) is 2.86. The second-order valence-corrected chi connectivity index (χ2v) is 5.44. The molecule has 0 aliphatic heterocycles. The Morgan fingerprint density at radius 1 is 1.14 bits per heavy atom. The maximum absolute atomic E-state index is 5.75. The van der Waals surface area contributed by atoms with Gasteiger partial charge >= 0.3 is 0 Å². The molecule has 5 heteroatoms. The third-order valence-corrected chi connectivity index (χ3v) is 3.34. The first kappa shape index (κ1) is 13.5. The van der Waals surface area contributed by atoms with Crippen molar-refractivity contribution in [2.45, 2.75) is 33.2 Å². The molecule has 108 valence electrons. The number of rotatable bonds is 4. The van der Waals surface area contributed by atoms with Crippen LogP contribution in [-0.4, -0.2) is 19.7 Å². The van der Waals surface area contributed by atoms with E-state index in [4.69, 9.17) is 4.42 Å². The third-order valence-electron chi connectivity index (χ3n) is 3.34. The highest BCUT2D eigenvalue weighted by atomic mass is 16.4. The molecule has 0 fully saturated rings. The van der Waals surface area contributed by atoms with Crippen LogP contribution < -0.4 is 0 Å². The minimum atomic E-state index is 0.361. The molecule has 3 aromatic rings. The SMILES string of the molecule is Cc1ccc(-c2nnc(Cn3ccnc3C(C)C)o2)cc1. The van der Waals surface area contributed by atoms with Crippen LogP contribution in [0, 0.1) is 6.92 Å². The maximum atomic E-state index is 5.75. The van der Waals surface area contributed by atoms with Crippen LogP contribution in [0.15, 0.2) is 41.1 Å². The predicted molar refractivity (Wildman–Crippen MR) is 79.9 cm³/mol. The Labute approximate surface area is 123 Å². The van der Waals surface area contributed by atoms with E-state index in [0.29, 0.717) is 24.2 Å². The van der Waals surface area contributed by atoms with E-state index in [9.17, 15) is 0 Å². The van der Waals surface area contributed by atoms with Gasteiger partial charge in [-0.25, -0.2) is 4.98 Å². The Balaban J connectivity index is 1.82. The Morgan fingerprint density at radius 3 is 2.62 bits per heavy atom. The maximum Gasteiger partial charge on any atom is 0.247 e. The molecule has 0 amide bonds. The number of benzene rings is 1. The Morgan fingerprint density at radius 2 is 1.90 bits per heavy atom. The summed E-state index contributed by atoms with van der Waals surface area (Å²) in [6.45, 7) is 6.83. The van der Waals surface area contributed by atoms with E-state index in [1.165, 1.54) is 5.56 Å². The number of imidazole rings is 1. The number of nitrogens with zero attached hydrogens (tertiary/aromatic N) is 4. The molecule has 2 aromatic heterocycles. The standard InChI is InChI=1S/C16H18N4O/c1-11(2)15-17-8-9-20(15)10-14-18-19-16(21-14)13-6-4-12(3)5-7-13/h4-9,11H,10H2,1-3H3. The van der Waals surface area contributed by atoms with Crippen LogP contribution in [-0.2, 0) is 6.54 Å². The molecular weight excluding hydrogens is 264 g/mol. The zero-order valence-electron chi connectivity index (χ0n) is 12.4. The second-order valence-electron chi connectivity index (χ2n) is 5.44. The molecule has 3 rings (SSSR count). The van der Waals surface area contributed by atoms with E-state index in [1.807, 2.05) is 35.0 Å². The summed E-state index contributed by atoms with van der Waals surface area (Å²) in [5.74, 6) is 2.52. The van der Waals surface area contributed by atoms with E-state index >= 15 is 0 Å². The molecule has 0 bridgehead atoms. The van der Waals surface area contributed by atoms with Crippen LogP contribution in [0.3, 0.4) is 0 Å². The summed E-state index contributed by atoms with van der Waals surface area (Å²) in [6.07, 6.45) is 3.73. The van der Waals surface area contributed by atoms with Gasteiger partial charge in [0.25, 0.3) is 0 Å². The Kier molecular flexibility index (Phi) is 3.56. The lowest BCUT2D eigenvalue weighted by Crippen LogP contribution is -2.06. The topological polar surface area (TPSA) is 56.7 Å². The first-order valence-electron chi connectivity index (χ1n) is 7.04. The molecule has 5 nitrogen and oxygen atoms in total. The largest absolute Gasteiger partial charge is 0.419 e. The molecule has 2 heterocycles. The van der Waals surface area contributed by atoms with Gasteiger partial charge in [-0.2, -0.15) is 0 Å². The van der Waals surface area contributed by atoms with Gasteiger partial charge in [-0.1, -0.05) is 31.5 Å². The quantitative estimate of drug-likeness (QED) is 0.735. The van der Waals surface area contributed by atoms with Crippen molar-refractivity contribution in [2.24, 2.45) is 0 Å². The monoisotopic (exact) mass is 282 g/mol. The summed E-state index contributed by atoms with van der Waals surface area (Å²) in [7, 11) is 0. The van der Waals surface area contributed by atoms with Crippen molar-refractivity contribution in [3.05, 3.63) is 53.9 Å². The summed E-state index contributed by atoms with van der Waals surface area (Å²) in [5.41, 5.74) is 2.15. The summed E-state index contributed by atoms with van der Waals surface area (Å²) < 4.78 is 7.79. The Hall–Kier alpha value is -2.43. The molecule has 0 aliphatic carbocycles. The fourth-order valence-corrected chi connectivity index (χ4v) is 2.23. The average molecular weight is 282 g/mol. The van der Waals surface area contributed by atoms with Gasteiger partial charge in [0.1, 0.15) is 12.4 Å². The number of aromatic nitrogens is 4. The van der Waals surface area contributed by atoms with Crippen molar-refractivity contribution in [3.63, 3.8) is 0 Å². The van der Waals surface area contributed by atoms with Crippen molar-refractivity contribution in [3.8, 4) is 11.5 Å². The van der Waals surface area contributed by atoms with Gasteiger partial charge in [-0.15, -0.1) is 10.2 Å². The molecular formula is C16H18N4O. The van der Waals surface area contributed by atoms with Crippen molar-refractivity contribution in [1.82, 2.24) is 19.7 Å². The lowest BCUT2D eigenvalue weighted by Gasteiger charge is -2.07. The van der Waals surface area contributed by atoms with Gasteiger partial charge in [0.15, 0.2) is 0 Å². The first-order valence-corrected chi connectivity index (χ1v) is 7.04. The first-order chi connectivity index (χ1) is 10.1. The van der Waals surface area contributed by atoms with Gasteiger partial charge < -0.3 is 8.98 Å². The van der Waals surface area contributed by atoms with Crippen LogP contribution in [0.5, 0.6) is 0 Å². The van der Waals surface area contributed by atoms with Gasteiger partial charge in [0.2, 0.25) is 11.8 Å². The highest BCUT2D eigenvalue weighted by molar-refractivity contribution is 5.52. The average Bonchev–Trinajstić information content (AvgIpc) is 3.09. The van der Waals surface area contributed by atoms with Crippen LogP contribution in [0.2, 0.25) is 0 Å². The van der Waals surface area contributed by atoms with Crippen molar-refractivity contribution < 1.29 is 4.42 Å². The zero-order chi connectivity index (χ0) is 14.8. The number of aryl methyl sites for hydroxylation is 1. The fraction of sp³-hybridized carbons (Fsp3) is 0.312. The van der Waals surface area contributed by atoms with E-state index in [-0.39, 0.29) is 0 Å². The van der Waals surface area contributed by atoms with E-state index in [2.05, 4.69) is 36.0 Å². The second kappa shape index (κ2) is 5.52. The fourth-order valence-electron chi connectivity index (χ4n) is 2.23. The minimum Gasteiger partial charge on any atom is -0.419 e. The van der Waals surface area contributed by atoms with Gasteiger partial charge in [0.05, 0.1) is 0 Å². The smallest absolute Gasteiger partial charge is 0.247 e. The molecule has 0 atom stereocenters. The molecule has 0 unspecified atom stereocenters. The summed E-state index contributed by atoms with van der Waals surface area (Å²) in [4.78, 5) is 4.36. The van der Waals surface area contributed by atoms with Crippen molar-refractivity contribution in [1.29, 1.82) is 0 Å². The number of hydrogen-bond donors (Lipinski definition) is 0. The van der Waals surface area contributed by atoms with Crippen molar-refractivity contribution in [2.75, 3.05) is 0 Å². The molecule has 0 saturated heterocycles. The molecule has 21 heavy (non-hydrogen) atoms.